The molecular formula is C20H25FN4S. The van der Waals surface area contributed by atoms with Gasteiger partial charge >= 0.3 is 0 Å². The lowest BCUT2D eigenvalue weighted by atomic mass is 10.1. The van der Waals surface area contributed by atoms with Gasteiger partial charge in [0.15, 0.2) is 5.11 Å². The van der Waals surface area contributed by atoms with Crippen LogP contribution in [0, 0.1) is 5.82 Å². The molecule has 1 saturated heterocycles. The lowest BCUT2D eigenvalue weighted by Gasteiger charge is -2.27. The largest absolute Gasteiger partial charge is 0.356 e. The fraction of sp³-hybridized carbons (Fsp3) is 0.400. The zero-order valence-corrected chi connectivity index (χ0v) is 15.9. The molecule has 3 rings (SSSR count). The van der Waals surface area contributed by atoms with E-state index in [-0.39, 0.29) is 11.9 Å². The minimum Gasteiger partial charge on any atom is -0.356 e. The summed E-state index contributed by atoms with van der Waals surface area (Å²) in [5, 5.41) is 4.16. The fourth-order valence-corrected chi connectivity index (χ4v) is 3.55. The van der Waals surface area contributed by atoms with Crippen molar-refractivity contribution in [3.05, 3.63) is 65.7 Å². The first-order valence-corrected chi connectivity index (χ1v) is 9.45. The molecule has 1 fully saturated rings. The SMILES string of the molecule is CC(NC(=S)N1CCCN(Cc2ccncc2)CC1)c1ccc(F)cc1. The van der Waals surface area contributed by atoms with E-state index in [9.17, 15) is 4.39 Å². The number of hydrogen-bond donors (Lipinski definition) is 1. The summed E-state index contributed by atoms with van der Waals surface area (Å²) in [5.41, 5.74) is 2.32. The number of pyridine rings is 1. The average molecular weight is 373 g/mol. The van der Waals surface area contributed by atoms with Crippen LogP contribution in [-0.4, -0.2) is 46.1 Å². The number of halogens is 1. The molecule has 1 aliphatic heterocycles. The molecule has 26 heavy (non-hydrogen) atoms. The van der Waals surface area contributed by atoms with E-state index in [0.29, 0.717) is 0 Å². The van der Waals surface area contributed by atoms with Gasteiger partial charge in [0.1, 0.15) is 5.82 Å². The molecule has 6 heteroatoms. The molecule has 1 aliphatic rings. The Hall–Kier alpha value is -2.05. The predicted molar refractivity (Wildman–Crippen MR) is 106 cm³/mol. The molecule has 1 aromatic carbocycles. The summed E-state index contributed by atoms with van der Waals surface area (Å²) in [6, 6.07) is 10.8. The predicted octanol–water partition coefficient (Wildman–Crippen LogP) is 3.36. The second-order valence-corrected chi connectivity index (χ2v) is 7.08. The van der Waals surface area contributed by atoms with Crippen molar-refractivity contribution in [2.75, 3.05) is 26.2 Å². The van der Waals surface area contributed by atoms with Gasteiger partial charge in [-0.25, -0.2) is 4.39 Å². The third-order valence-corrected chi connectivity index (χ3v) is 5.12. The van der Waals surface area contributed by atoms with Crippen LogP contribution in [-0.2, 0) is 6.54 Å². The van der Waals surface area contributed by atoms with Gasteiger partial charge < -0.3 is 10.2 Å². The first kappa shape index (κ1) is 18.7. The Kier molecular flexibility index (Phi) is 6.52. The average Bonchev–Trinajstić information content (AvgIpc) is 2.89. The highest BCUT2D eigenvalue weighted by atomic mass is 32.1. The molecule has 0 saturated carbocycles. The smallest absolute Gasteiger partial charge is 0.169 e. The van der Waals surface area contributed by atoms with Gasteiger partial charge in [-0.3, -0.25) is 9.88 Å². The van der Waals surface area contributed by atoms with Gasteiger partial charge in [-0.15, -0.1) is 0 Å². The Morgan fingerprint density at radius 2 is 1.85 bits per heavy atom. The minimum atomic E-state index is -0.217. The lowest BCUT2D eigenvalue weighted by Crippen LogP contribution is -2.42. The number of nitrogens with one attached hydrogen (secondary N) is 1. The van der Waals surface area contributed by atoms with Crippen LogP contribution in [0.4, 0.5) is 4.39 Å². The Morgan fingerprint density at radius 1 is 1.12 bits per heavy atom. The Morgan fingerprint density at radius 3 is 2.58 bits per heavy atom. The van der Waals surface area contributed by atoms with Crippen LogP contribution >= 0.6 is 12.2 Å². The van der Waals surface area contributed by atoms with Gasteiger partial charge in [-0.2, -0.15) is 0 Å². The van der Waals surface area contributed by atoms with E-state index in [2.05, 4.69) is 32.2 Å². The Labute approximate surface area is 160 Å². The first-order valence-electron chi connectivity index (χ1n) is 9.04. The van der Waals surface area contributed by atoms with E-state index >= 15 is 0 Å². The van der Waals surface area contributed by atoms with Crippen molar-refractivity contribution >= 4 is 17.3 Å². The maximum absolute atomic E-state index is 13.1. The Balaban J connectivity index is 1.51. The molecule has 0 radical (unpaired) electrons. The van der Waals surface area contributed by atoms with Gasteiger partial charge in [-0.05, 0) is 61.0 Å². The number of aromatic nitrogens is 1. The quantitative estimate of drug-likeness (QED) is 0.832. The monoisotopic (exact) mass is 372 g/mol. The van der Waals surface area contributed by atoms with Crippen LogP contribution in [0.25, 0.3) is 0 Å². The van der Waals surface area contributed by atoms with Crippen molar-refractivity contribution in [3.8, 4) is 0 Å². The summed E-state index contributed by atoms with van der Waals surface area (Å²) in [4.78, 5) is 8.77. The van der Waals surface area contributed by atoms with Crippen LogP contribution in [0.3, 0.4) is 0 Å². The van der Waals surface area contributed by atoms with Crippen molar-refractivity contribution in [3.63, 3.8) is 0 Å². The molecule has 0 amide bonds. The van der Waals surface area contributed by atoms with Crippen molar-refractivity contribution in [2.45, 2.75) is 25.9 Å². The number of nitrogens with zero attached hydrogens (tertiary/aromatic N) is 3. The molecule has 2 heterocycles. The fourth-order valence-electron chi connectivity index (χ4n) is 3.19. The topological polar surface area (TPSA) is 31.4 Å². The summed E-state index contributed by atoms with van der Waals surface area (Å²) in [5.74, 6) is -0.217. The van der Waals surface area contributed by atoms with Gasteiger partial charge in [-0.1, -0.05) is 12.1 Å². The van der Waals surface area contributed by atoms with Crippen LogP contribution in [0.1, 0.15) is 30.5 Å². The summed E-state index contributed by atoms with van der Waals surface area (Å²) >= 11 is 5.62. The molecule has 4 nitrogen and oxygen atoms in total. The molecule has 0 spiro atoms. The molecular weight excluding hydrogens is 347 g/mol. The summed E-state index contributed by atoms with van der Waals surface area (Å²) < 4.78 is 13.1. The maximum atomic E-state index is 13.1. The van der Waals surface area contributed by atoms with Crippen LogP contribution in [0.5, 0.6) is 0 Å². The standard InChI is InChI=1S/C20H25FN4S/c1-16(18-3-5-19(21)6-4-18)23-20(26)25-12-2-11-24(13-14-25)15-17-7-9-22-10-8-17/h3-10,16H,2,11-15H2,1H3,(H,23,26). The molecule has 138 valence electrons. The van der Waals surface area contributed by atoms with E-state index in [1.54, 1.807) is 12.1 Å². The normalized spacial score (nSPS) is 16.8. The highest BCUT2D eigenvalue weighted by molar-refractivity contribution is 7.80. The molecule has 1 atom stereocenters. The molecule has 1 aromatic heterocycles. The number of rotatable bonds is 4. The summed E-state index contributed by atoms with van der Waals surface area (Å²) in [7, 11) is 0. The Bertz CT molecular complexity index is 708. The number of thiocarbonyl (C=S) groups is 1. The molecule has 1 unspecified atom stereocenters. The highest BCUT2D eigenvalue weighted by Gasteiger charge is 2.18. The zero-order valence-electron chi connectivity index (χ0n) is 15.1. The number of hydrogen-bond acceptors (Lipinski definition) is 3. The van der Waals surface area contributed by atoms with Crippen LogP contribution in [0.15, 0.2) is 48.8 Å². The van der Waals surface area contributed by atoms with Crippen LogP contribution in [0.2, 0.25) is 0 Å². The van der Waals surface area contributed by atoms with E-state index in [1.807, 2.05) is 19.3 Å². The van der Waals surface area contributed by atoms with Crippen molar-refractivity contribution in [2.24, 2.45) is 0 Å². The van der Waals surface area contributed by atoms with Crippen molar-refractivity contribution in [1.82, 2.24) is 20.1 Å². The van der Waals surface area contributed by atoms with Gasteiger partial charge in [0, 0.05) is 45.1 Å². The molecule has 0 bridgehead atoms. The van der Waals surface area contributed by atoms with E-state index in [1.165, 1.54) is 17.7 Å². The van der Waals surface area contributed by atoms with Gasteiger partial charge in [0.25, 0.3) is 0 Å². The zero-order chi connectivity index (χ0) is 18.4. The van der Waals surface area contributed by atoms with E-state index in [0.717, 1.165) is 49.8 Å². The molecule has 2 aromatic rings. The van der Waals surface area contributed by atoms with E-state index in [4.69, 9.17) is 12.2 Å². The lowest BCUT2D eigenvalue weighted by molar-refractivity contribution is 0.277. The third-order valence-electron chi connectivity index (χ3n) is 4.74. The first-order chi connectivity index (χ1) is 12.6. The second kappa shape index (κ2) is 9.05. The van der Waals surface area contributed by atoms with Crippen LogP contribution < -0.4 is 5.32 Å². The second-order valence-electron chi connectivity index (χ2n) is 6.69. The van der Waals surface area contributed by atoms with Gasteiger partial charge in [0.05, 0.1) is 6.04 Å². The van der Waals surface area contributed by atoms with E-state index < -0.39 is 0 Å². The summed E-state index contributed by atoms with van der Waals surface area (Å²) in [6.45, 7) is 6.90. The van der Waals surface area contributed by atoms with Crippen molar-refractivity contribution in [1.29, 1.82) is 0 Å². The molecule has 0 aliphatic carbocycles. The highest BCUT2D eigenvalue weighted by Crippen LogP contribution is 2.14. The van der Waals surface area contributed by atoms with Gasteiger partial charge in [0.2, 0.25) is 0 Å². The minimum absolute atomic E-state index is 0.0549. The number of benzene rings is 1. The molecule has 1 N–H and O–H groups in total. The summed E-state index contributed by atoms with van der Waals surface area (Å²) in [6.07, 6.45) is 4.77. The van der Waals surface area contributed by atoms with Crippen molar-refractivity contribution < 1.29 is 4.39 Å². The third kappa shape index (κ3) is 5.22. The maximum Gasteiger partial charge on any atom is 0.169 e.